The van der Waals surface area contributed by atoms with Crippen LogP contribution in [0, 0.1) is 0 Å². The van der Waals surface area contributed by atoms with Crippen molar-refractivity contribution in [3.8, 4) is 45.3 Å². The quantitative estimate of drug-likeness (QED) is 0.203. The van der Waals surface area contributed by atoms with Crippen LogP contribution in [0.25, 0.3) is 33.8 Å². The highest BCUT2D eigenvalue weighted by Crippen LogP contribution is 2.39. The molecule has 0 aliphatic carbocycles. The van der Waals surface area contributed by atoms with Gasteiger partial charge in [0.15, 0.2) is 0 Å². The van der Waals surface area contributed by atoms with Gasteiger partial charge >= 0.3 is 0 Å². The van der Waals surface area contributed by atoms with E-state index in [-0.39, 0.29) is 5.56 Å². The molecule has 42 heavy (non-hydrogen) atoms. The van der Waals surface area contributed by atoms with Crippen molar-refractivity contribution in [2.45, 2.75) is 13.1 Å². The number of hydrogen-bond donors (Lipinski definition) is 0. The Hall–Kier alpha value is -5.43. The molecule has 0 aliphatic heterocycles. The molecule has 2 heterocycles. The first kappa shape index (κ1) is 26.8. The molecule has 0 saturated carbocycles. The molecule has 0 atom stereocenters. The molecule has 0 radical (unpaired) electrons. The van der Waals surface area contributed by atoms with E-state index in [9.17, 15) is 4.79 Å². The number of aromatic nitrogens is 4. The zero-order valence-corrected chi connectivity index (χ0v) is 23.5. The van der Waals surface area contributed by atoms with E-state index in [4.69, 9.17) is 19.7 Å². The lowest BCUT2D eigenvalue weighted by Crippen LogP contribution is -2.23. The van der Waals surface area contributed by atoms with E-state index in [0.29, 0.717) is 18.8 Å². The number of ether oxygens (including phenoxy) is 2. The molecule has 6 aromatic rings. The Morgan fingerprint density at radius 1 is 0.595 bits per heavy atom. The molecule has 2 aromatic heterocycles. The predicted octanol–water partition coefficient (Wildman–Crippen LogP) is 6.55. The number of benzene rings is 4. The average Bonchev–Trinajstić information content (AvgIpc) is 3.42. The Kier molecular flexibility index (Phi) is 7.64. The van der Waals surface area contributed by atoms with Crippen molar-refractivity contribution in [2.24, 2.45) is 0 Å². The SMILES string of the molecule is COc1ccc(Cn2nc(-c3ccccc3)c(-c3ccc(=O)n(Cc4cccc(OC)c4)n3)c2-c2ccccc2)cc1. The van der Waals surface area contributed by atoms with Crippen molar-refractivity contribution in [3.63, 3.8) is 0 Å². The highest BCUT2D eigenvalue weighted by atomic mass is 16.5. The van der Waals surface area contributed by atoms with Crippen LogP contribution in [0.2, 0.25) is 0 Å². The third-order valence-electron chi connectivity index (χ3n) is 7.13. The minimum absolute atomic E-state index is 0.185. The van der Waals surface area contributed by atoms with Gasteiger partial charge in [0.05, 0.1) is 44.3 Å². The maximum absolute atomic E-state index is 13.0. The van der Waals surface area contributed by atoms with Gasteiger partial charge in [-0.2, -0.15) is 10.2 Å². The topological polar surface area (TPSA) is 71.2 Å². The highest BCUT2D eigenvalue weighted by Gasteiger charge is 2.24. The van der Waals surface area contributed by atoms with Crippen LogP contribution in [0.1, 0.15) is 11.1 Å². The predicted molar refractivity (Wildman–Crippen MR) is 165 cm³/mol. The summed E-state index contributed by atoms with van der Waals surface area (Å²) >= 11 is 0. The molecule has 0 bridgehead atoms. The molecule has 208 valence electrons. The molecule has 0 saturated heterocycles. The van der Waals surface area contributed by atoms with Gasteiger partial charge in [-0.15, -0.1) is 0 Å². The van der Waals surface area contributed by atoms with Crippen molar-refractivity contribution < 1.29 is 9.47 Å². The number of methoxy groups -OCH3 is 2. The summed E-state index contributed by atoms with van der Waals surface area (Å²) in [6.45, 7) is 0.850. The average molecular weight is 555 g/mol. The van der Waals surface area contributed by atoms with Crippen molar-refractivity contribution in [2.75, 3.05) is 14.2 Å². The lowest BCUT2D eigenvalue weighted by molar-refractivity contribution is 0.414. The molecule has 0 N–H and O–H groups in total. The smallest absolute Gasteiger partial charge is 0.267 e. The Bertz CT molecular complexity index is 1860. The molecular weight excluding hydrogens is 524 g/mol. The van der Waals surface area contributed by atoms with Crippen molar-refractivity contribution in [3.05, 3.63) is 143 Å². The number of rotatable bonds is 9. The molecule has 4 aromatic carbocycles. The van der Waals surface area contributed by atoms with Crippen LogP contribution in [0.4, 0.5) is 0 Å². The lowest BCUT2D eigenvalue weighted by atomic mass is 9.99. The second-order valence-corrected chi connectivity index (χ2v) is 9.88. The van der Waals surface area contributed by atoms with Gasteiger partial charge in [0, 0.05) is 17.2 Å². The van der Waals surface area contributed by atoms with Gasteiger partial charge in [-0.1, -0.05) is 84.9 Å². The minimum atomic E-state index is -0.185. The zero-order chi connectivity index (χ0) is 28.9. The Balaban J connectivity index is 1.54. The second kappa shape index (κ2) is 12.0. The standard InChI is InChI=1S/C35H30N4O3/c1-41-29-18-16-25(17-19-29)23-39-35(28-13-7-4-8-14-28)33(34(37-39)27-11-5-3-6-12-27)31-20-21-32(40)38(36-31)24-26-10-9-15-30(22-26)42-2/h3-22H,23-24H2,1-2H3. The second-order valence-electron chi connectivity index (χ2n) is 9.88. The summed E-state index contributed by atoms with van der Waals surface area (Å²) in [7, 11) is 3.29. The largest absolute Gasteiger partial charge is 0.497 e. The first-order chi connectivity index (χ1) is 20.6. The van der Waals surface area contributed by atoms with E-state index in [2.05, 4.69) is 12.1 Å². The molecule has 6 rings (SSSR count). The fourth-order valence-electron chi connectivity index (χ4n) is 5.05. The normalized spacial score (nSPS) is 10.9. The first-order valence-electron chi connectivity index (χ1n) is 13.7. The fraction of sp³-hybridized carbons (Fsp3) is 0.114. The summed E-state index contributed by atoms with van der Waals surface area (Å²) in [6.07, 6.45) is 0. The van der Waals surface area contributed by atoms with Crippen LogP contribution in [0.5, 0.6) is 11.5 Å². The monoisotopic (exact) mass is 554 g/mol. The Morgan fingerprint density at radius 3 is 1.95 bits per heavy atom. The van der Waals surface area contributed by atoms with Crippen LogP contribution in [0.15, 0.2) is 126 Å². The lowest BCUT2D eigenvalue weighted by Gasteiger charge is -2.12. The summed E-state index contributed by atoms with van der Waals surface area (Å²) in [6, 6.07) is 39.3. The van der Waals surface area contributed by atoms with Crippen LogP contribution in [0.3, 0.4) is 0 Å². The van der Waals surface area contributed by atoms with Crippen LogP contribution < -0.4 is 15.0 Å². The van der Waals surface area contributed by atoms with Crippen molar-refractivity contribution in [1.29, 1.82) is 0 Å². The van der Waals surface area contributed by atoms with Gasteiger partial charge in [0.2, 0.25) is 0 Å². The van der Waals surface area contributed by atoms with E-state index in [1.165, 1.54) is 4.68 Å². The zero-order valence-electron chi connectivity index (χ0n) is 23.5. The highest BCUT2D eigenvalue weighted by molar-refractivity contribution is 5.90. The Labute approximate surface area is 244 Å². The summed E-state index contributed by atoms with van der Waals surface area (Å²) in [4.78, 5) is 13.0. The van der Waals surface area contributed by atoms with Gasteiger partial charge in [-0.3, -0.25) is 9.48 Å². The molecule has 0 fully saturated rings. The molecular formula is C35H30N4O3. The maximum Gasteiger partial charge on any atom is 0.267 e. The van der Waals surface area contributed by atoms with Gasteiger partial charge < -0.3 is 9.47 Å². The van der Waals surface area contributed by atoms with Gasteiger partial charge in [0.1, 0.15) is 17.2 Å². The molecule has 7 nitrogen and oxygen atoms in total. The van der Waals surface area contributed by atoms with E-state index in [1.54, 1.807) is 26.4 Å². The number of hydrogen-bond acceptors (Lipinski definition) is 5. The summed E-state index contributed by atoms with van der Waals surface area (Å²) in [5.74, 6) is 1.53. The molecule has 7 heteroatoms. The summed E-state index contributed by atoms with van der Waals surface area (Å²) in [5, 5.41) is 10.1. The van der Waals surface area contributed by atoms with Crippen molar-refractivity contribution in [1.82, 2.24) is 19.6 Å². The van der Waals surface area contributed by atoms with Crippen LogP contribution >= 0.6 is 0 Å². The summed E-state index contributed by atoms with van der Waals surface area (Å²) < 4.78 is 14.3. The van der Waals surface area contributed by atoms with E-state index >= 15 is 0 Å². The number of nitrogens with zero attached hydrogens (tertiary/aromatic N) is 4. The van der Waals surface area contributed by atoms with Gasteiger partial charge in [-0.05, 0) is 41.5 Å². The third-order valence-corrected chi connectivity index (χ3v) is 7.13. The van der Waals surface area contributed by atoms with E-state index in [1.807, 2.05) is 102 Å². The van der Waals surface area contributed by atoms with Gasteiger partial charge in [-0.25, -0.2) is 4.68 Å². The molecule has 0 aliphatic rings. The summed E-state index contributed by atoms with van der Waals surface area (Å²) in [5.41, 5.74) is 7.02. The molecule has 0 unspecified atom stereocenters. The molecule has 0 amide bonds. The van der Waals surface area contributed by atoms with Crippen LogP contribution in [-0.4, -0.2) is 33.8 Å². The fourth-order valence-corrected chi connectivity index (χ4v) is 5.05. The van der Waals surface area contributed by atoms with E-state index in [0.717, 1.165) is 50.7 Å². The first-order valence-corrected chi connectivity index (χ1v) is 13.7. The Morgan fingerprint density at radius 2 is 1.26 bits per heavy atom. The maximum atomic E-state index is 13.0. The molecule has 0 spiro atoms. The minimum Gasteiger partial charge on any atom is -0.497 e. The van der Waals surface area contributed by atoms with Gasteiger partial charge in [0.25, 0.3) is 5.56 Å². The van der Waals surface area contributed by atoms with Crippen molar-refractivity contribution >= 4 is 0 Å². The van der Waals surface area contributed by atoms with E-state index < -0.39 is 0 Å². The van der Waals surface area contributed by atoms with Crippen LogP contribution in [-0.2, 0) is 13.1 Å². The third kappa shape index (κ3) is 5.58.